The third-order valence-electron chi connectivity index (χ3n) is 0.707. The highest BCUT2D eigenvalue weighted by atomic mass is 16.6. The van der Waals surface area contributed by atoms with Crippen LogP contribution >= 0.6 is 0 Å². The molecule has 0 bridgehead atoms. The van der Waals surface area contributed by atoms with Crippen molar-refractivity contribution in [3.05, 3.63) is 6.92 Å². The van der Waals surface area contributed by atoms with Crippen LogP contribution in [0.25, 0.3) is 0 Å². The minimum atomic E-state index is -0.960. The molecule has 6 heteroatoms. The zero-order valence-corrected chi connectivity index (χ0v) is 6.65. The first-order valence-electron chi connectivity index (χ1n) is 3.25. The van der Waals surface area contributed by atoms with E-state index in [1.54, 1.807) is 6.92 Å². The van der Waals surface area contributed by atoms with Crippen molar-refractivity contribution < 1.29 is 19.1 Å². The van der Waals surface area contributed by atoms with Crippen LogP contribution in [-0.2, 0) is 9.47 Å². The number of hydrogen-bond donors (Lipinski definition) is 0. The molecule has 0 aliphatic heterocycles. The maximum absolute atomic E-state index is 10.4. The Morgan fingerprint density at radius 1 is 1.25 bits per heavy atom. The van der Waals surface area contributed by atoms with E-state index in [0.29, 0.717) is 0 Å². The van der Waals surface area contributed by atoms with Gasteiger partial charge in [-0.3, -0.25) is 0 Å². The molecule has 0 N–H and O–H groups in total. The predicted molar refractivity (Wildman–Crippen MR) is 38.6 cm³/mol. The summed E-state index contributed by atoms with van der Waals surface area (Å²) >= 11 is 0. The van der Waals surface area contributed by atoms with E-state index in [-0.39, 0.29) is 13.2 Å². The fourth-order valence-corrected chi connectivity index (χ4v) is 0.350. The Morgan fingerprint density at radius 2 is 1.75 bits per heavy atom. The van der Waals surface area contributed by atoms with E-state index in [2.05, 4.69) is 26.6 Å². The van der Waals surface area contributed by atoms with Gasteiger partial charge in [0.25, 0.3) is 0 Å². The Hall–Kier alpha value is -1.59. The highest BCUT2D eigenvalue weighted by molar-refractivity contribution is 5.73. The van der Waals surface area contributed by atoms with Gasteiger partial charge in [0.05, 0.1) is 6.61 Å². The molecule has 6 nitrogen and oxygen atoms in total. The summed E-state index contributed by atoms with van der Waals surface area (Å²) in [7, 11) is 0. The molecule has 12 heavy (non-hydrogen) atoms. The molecule has 2 amide bonds. The molecular weight excluding hydrogens is 164 g/mol. The van der Waals surface area contributed by atoms with Gasteiger partial charge in [0.1, 0.15) is 6.92 Å². The lowest BCUT2D eigenvalue weighted by Gasteiger charge is -1.91. The van der Waals surface area contributed by atoms with Crippen molar-refractivity contribution in [2.75, 3.05) is 13.2 Å². The lowest BCUT2D eigenvalue weighted by Crippen LogP contribution is -2.00. The van der Waals surface area contributed by atoms with E-state index in [1.807, 2.05) is 0 Å². The van der Waals surface area contributed by atoms with Crippen LogP contribution in [0.5, 0.6) is 0 Å². The fraction of sp³-hybridized carbons (Fsp3) is 0.500. The fourth-order valence-electron chi connectivity index (χ4n) is 0.350. The van der Waals surface area contributed by atoms with Crippen LogP contribution in [0.15, 0.2) is 10.2 Å². The summed E-state index contributed by atoms with van der Waals surface area (Å²) in [5.74, 6) is 0. The number of amides is 2. The quantitative estimate of drug-likeness (QED) is 0.469. The predicted octanol–water partition coefficient (Wildman–Crippen LogP) is 1.57. The molecule has 0 saturated heterocycles. The maximum atomic E-state index is 10.4. The maximum Gasteiger partial charge on any atom is 0.456 e. The summed E-state index contributed by atoms with van der Waals surface area (Å²) in [4.78, 5) is 20.9. The first-order chi connectivity index (χ1) is 5.70. The minimum absolute atomic E-state index is 0.0549. The average Bonchev–Trinajstić information content (AvgIpc) is 2.02. The van der Waals surface area contributed by atoms with E-state index >= 15 is 0 Å². The molecule has 0 heterocycles. The Balaban J connectivity index is 3.73. The van der Waals surface area contributed by atoms with Gasteiger partial charge in [-0.2, -0.15) is 0 Å². The van der Waals surface area contributed by atoms with Gasteiger partial charge < -0.3 is 9.47 Å². The second-order valence-corrected chi connectivity index (χ2v) is 1.51. The van der Waals surface area contributed by atoms with E-state index in [4.69, 9.17) is 0 Å². The molecule has 0 aromatic rings. The molecule has 0 saturated carbocycles. The first kappa shape index (κ1) is 10.4. The van der Waals surface area contributed by atoms with E-state index < -0.39 is 12.2 Å². The monoisotopic (exact) mass is 173 g/mol. The SMILES string of the molecule is [CH2+]COC(=O)N=NC(=O)OCC. The normalized spacial score (nSPS) is 9.75. The van der Waals surface area contributed by atoms with E-state index in [9.17, 15) is 9.59 Å². The molecule has 0 atom stereocenters. The van der Waals surface area contributed by atoms with Crippen LogP contribution < -0.4 is 0 Å². The lowest BCUT2D eigenvalue weighted by atomic mass is 10.9. The third-order valence-corrected chi connectivity index (χ3v) is 0.707. The van der Waals surface area contributed by atoms with Crippen LogP contribution in [0.2, 0.25) is 0 Å². The zero-order chi connectivity index (χ0) is 9.40. The van der Waals surface area contributed by atoms with Gasteiger partial charge in [0.15, 0.2) is 0 Å². The van der Waals surface area contributed by atoms with Crippen molar-refractivity contribution >= 4 is 12.2 Å². The Morgan fingerprint density at radius 3 is 2.17 bits per heavy atom. The molecule has 66 valence electrons. The number of hydrogen-bond acceptors (Lipinski definition) is 4. The molecule has 0 aromatic heterocycles. The Kier molecular flexibility index (Phi) is 5.33. The van der Waals surface area contributed by atoms with Gasteiger partial charge in [-0.15, -0.1) is 0 Å². The highest BCUT2D eigenvalue weighted by Crippen LogP contribution is 1.88. The molecule has 0 radical (unpaired) electrons. The second kappa shape index (κ2) is 6.14. The van der Waals surface area contributed by atoms with Gasteiger partial charge in [0, 0.05) is 0 Å². The topological polar surface area (TPSA) is 77.3 Å². The van der Waals surface area contributed by atoms with Gasteiger partial charge in [-0.1, -0.05) is 10.2 Å². The van der Waals surface area contributed by atoms with Crippen molar-refractivity contribution in [1.82, 2.24) is 0 Å². The minimum Gasteiger partial charge on any atom is -0.447 e. The summed E-state index contributed by atoms with van der Waals surface area (Å²) in [5.41, 5.74) is 0. The lowest BCUT2D eigenvalue weighted by molar-refractivity contribution is 0.154. The van der Waals surface area contributed by atoms with Crippen LogP contribution in [0.3, 0.4) is 0 Å². The van der Waals surface area contributed by atoms with Crippen molar-refractivity contribution in [3.8, 4) is 0 Å². The smallest absolute Gasteiger partial charge is 0.447 e. The standard InChI is InChI=1S/C6H9N2O4/c1-3-11-5(9)7-8-6(10)12-4-2/h1,3-4H2,2H3/q+1. The Bertz CT molecular complexity index is 170. The van der Waals surface area contributed by atoms with E-state index in [1.165, 1.54) is 0 Å². The van der Waals surface area contributed by atoms with Crippen molar-refractivity contribution in [2.45, 2.75) is 6.92 Å². The summed E-state index contributed by atoms with van der Waals surface area (Å²) in [6.45, 7) is 4.97. The molecule has 0 unspecified atom stereocenters. The summed E-state index contributed by atoms with van der Waals surface area (Å²) < 4.78 is 8.60. The molecule has 0 fully saturated rings. The van der Waals surface area contributed by atoms with E-state index in [0.717, 1.165) is 0 Å². The summed E-state index contributed by atoms with van der Waals surface area (Å²) in [6, 6.07) is 0. The number of azo groups is 1. The third kappa shape index (κ3) is 5.21. The van der Waals surface area contributed by atoms with Crippen molar-refractivity contribution in [1.29, 1.82) is 0 Å². The molecule has 0 aliphatic carbocycles. The number of carbonyl (C=O) groups is 2. The number of rotatable bonds is 2. The second-order valence-electron chi connectivity index (χ2n) is 1.51. The first-order valence-corrected chi connectivity index (χ1v) is 3.25. The van der Waals surface area contributed by atoms with Crippen molar-refractivity contribution in [3.63, 3.8) is 0 Å². The number of carbonyl (C=O) groups excluding carboxylic acids is 2. The van der Waals surface area contributed by atoms with Gasteiger partial charge in [0.2, 0.25) is 6.61 Å². The molecule has 0 spiro atoms. The van der Waals surface area contributed by atoms with Crippen LogP contribution in [0, 0.1) is 6.92 Å². The molecule has 0 rings (SSSR count). The van der Waals surface area contributed by atoms with Crippen LogP contribution in [0.4, 0.5) is 9.59 Å². The number of ether oxygens (including phenoxy) is 2. The molecule has 0 aliphatic rings. The van der Waals surface area contributed by atoms with Gasteiger partial charge in [-0.05, 0) is 6.92 Å². The van der Waals surface area contributed by atoms with Crippen molar-refractivity contribution in [2.24, 2.45) is 10.2 Å². The zero-order valence-electron chi connectivity index (χ0n) is 6.65. The van der Waals surface area contributed by atoms with Crippen LogP contribution in [0.1, 0.15) is 6.92 Å². The van der Waals surface area contributed by atoms with Gasteiger partial charge in [-0.25, -0.2) is 9.59 Å². The van der Waals surface area contributed by atoms with Gasteiger partial charge >= 0.3 is 12.2 Å². The largest absolute Gasteiger partial charge is 0.456 e. The summed E-state index contributed by atoms with van der Waals surface area (Å²) in [5, 5.41) is 5.78. The molecular formula is C6H9N2O4+. The Labute approximate surface area is 69.6 Å². The molecule has 0 aromatic carbocycles. The average molecular weight is 173 g/mol. The number of nitrogens with zero attached hydrogens (tertiary/aromatic N) is 2. The summed E-state index contributed by atoms with van der Waals surface area (Å²) in [6.07, 6.45) is -1.88. The van der Waals surface area contributed by atoms with Crippen LogP contribution in [-0.4, -0.2) is 25.4 Å². The highest BCUT2D eigenvalue weighted by Gasteiger charge is 2.01.